The van der Waals surface area contributed by atoms with Gasteiger partial charge in [0.15, 0.2) is 0 Å². The van der Waals surface area contributed by atoms with Crippen molar-refractivity contribution in [3.8, 4) is 0 Å². The number of carbonyl (C=O) groups is 1. The monoisotopic (exact) mass is 326 g/mol. The number of amides is 1. The number of anilines is 1. The number of thioether (sulfide) groups is 1. The topological polar surface area (TPSA) is 32.3 Å². The van der Waals surface area contributed by atoms with Gasteiger partial charge in [0.25, 0.3) is 5.91 Å². The lowest BCUT2D eigenvalue weighted by Crippen LogP contribution is -2.30. The highest BCUT2D eigenvalue weighted by Crippen LogP contribution is 2.35. The minimum Gasteiger partial charge on any atom is -0.370 e. The summed E-state index contributed by atoms with van der Waals surface area (Å²) < 4.78 is 0. The molecule has 1 amide bonds. The summed E-state index contributed by atoms with van der Waals surface area (Å²) in [5.41, 5.74) is 3.03. The highest BCUT2D eigenvalue weighted by atomic mass is 32.2. The first kappa shape index (κ1) is 15.9. The van der Waals surface area contributed by atoms with Crippen molar-refractivity contribution in [3.63, 3.8) is 0 Å². The van der Waals surface area contributed by atoms with Crippen LogP contribution in [0.1, 0.15) is 35.8 Å². The van der Waals surface area contributed by atoms with E-state index in [9.17, 15) is 4.79 Å². The van der Waals surface area contributed by atoms with Crippen LogP contribution < -0.4 is 10.2 Å². The zero-order valence-electron chi connectivity index (χ0n) is 13.6. The van der Waals surface area contributed by atoms with Crippen LogP contribution in [0.25, 0.3) is 0 Å². The zero-order chi connectivity index (χ0) is 16.2. The van der Waals surface area contributed by atoms with Gasteiger partial charge in [0.1, 0.15) is 0 Å². The lowest BCUT2D eigenvalue weighted by molar-refractivity contribution is 0.0940. The van der Waals surface area contributed by atoms with Gasteiger partial charge in [0.05, 0.1) is 11.7 Å². The van der Waals surface area contributed by atoms with Gasteiger partial charge in [-0.15, -0.1) is 11.8 Å². The van der Waals surface area contributed by atoms with Crippen LogP contribution in [0, 0.1) is 0 Å². The SMILES string of the molecule is CCN1CCSc2ccc(C(=O)N[C@@H](C)c3ccccc3)cc21. The number of nitrogens with zero attached hydrogens (tertiary/aromatic N) is 1. The van der Waals surface area contributed by atoms with Gasteiger partial charge in [-0.25, -0.2) is 0 Å². The fourth-order valence-electron chi connectivity index (χ4n) is 2.85. The number of hydrogen-bond acceptors (Lipinski definition) is 3. The molecule has 0 aromatic heterocycles. The summed E-state index contributed by atoms with van der Waals surface area (Å²) in [6.45, 7) is 6.18. The van der Waals surface area contributed by atoms with Gasteiger partial charge in [0.2, 0.25) is 0 Å². The highest BCUT2D eigenvalue weighted by molar-refractivity contribution is 7.99. The average molecular weight is 326 g/mol. The van der Waals surface area contributed by atoms with Crippen molar-refractivity contribution in [2.24, 2.45) is 0 Å². The van der Waals surface area contributed by atoms with Crippen LogP contribution in [0.5, 0.6) is 0 Å². The molecule has 0 radical (unpaired) electrons. The largest absolute Gasteiger partial charge is 0.370 e. The van der Waals surface area contributed by atoms with Crippen LogP contribution in [-0.2, 0) is 0 Å². The van der Waals surface area contributed by atoms with Crippen LogP contribution in [0.2, 0.25) is 0 Å². The predicted octanol–water partition coefficient (Wildman–Crippen LogP) is 4.11. The molecule has 1 N–H and O–H groups in total. The summed E-state index contributed by atoms with van der Waals surface area (Å²) in [6.07, 6.45) is 0. The number of hydrogen-bond donors (Lipinski definition) is 1. The third-order valence-corrected chi connectivity index (χ3v) is 5.25. The highest BCUT2D eigenvalue weighted by Gasteiger charge is 2.19. The molecule has 0 unspecified atom stereocenters. The quantitative estimate of drug-likeness (QED) is 0.918. The number of carbonyl (C=O) groups excluding carboxylic acids is 1. The Bertz CT molecular complexity index is 687. The number of rotatable bonds is 4. The molecule has 2 aromatic rings. The molecular formula is C19H22N2OS. The van der Waals surface area contributed by atoms with E-state index in [1.165, 1.54) is 10.6 Å². The fraction of sp³-hybridized carbons (Fsp3) is 0.316. The van der Waals surface area contributed by atoms with Gasteiger partial charge in [0, 0.05) is 29.3 Å². The van der Waals surface area contributed by atoms with Gasteiger partial charge >= 0.3 is 0 Å². The maximum Gasteiger partial charge on any atom is 0.251 e. The molecule has 2 aromatic carbocycles. The van der Waals surface area contributed by atoms with Gasteiger partial charge in [-0.2, -0.15) is 0 Å². The Morgan fingerprint density at radius 2 is 2.04 bits per heavy atom. The Kier molecular flexibility index (Phi) is 4.91. The molecule has 1 aliphatic rings. The van der Waals surface area contributed by atoms with Crippen LogP contribution >= 0.6 is 11.8 Å². The van der Waals surface area contributed by atoms with E-state index < -0.39 is 0 Å². The zero-order valence-corrected chi connectivity index (χ0v) is 14.4. The van der Waals surface area contributed by atoms with E-state index in [2.05, 4.69) is 23.2 Å². The lowest BCUT2D eigenvalue weighted by atomic mass is 10.1. The van der Waals surface area contributed by atoms with E-state index in [-0.39, 0.29) is 11.9 Å². The maximum atomic E-state index is 12.6. The molecule has 23 heavy (non-hydrogen) atoms. The van der Waals surface area contributed by atoms with Crippen molar-refractivity contribution >= 4 is 23.4 Å². The van der Waals surface area contributed by atoms with Crippen LogP contribution in [-0.4, -0.2) is 24.7 Å². The minimum atomic E-state index is -0.0178. The molecule has 1 atom stereocenters. The summed E-state index contributed by atoms with van der Waals surface area (Å²) >= 11 is 1.87. The van der Waals surface area contributed by atoms with Gasteiger partial charge < -0.3 is 10.2 Å². The first-order valence-electron chi connectivity index (χ1n) is 8.06. The Balaban J connectivity index is 1.78. The number of benzene rings is 2. The molecule has 0 saturated carbocycles. The molecule has 1 heterocycles. The normalized spacial score (nSPS) is 15.0. The second-order valence-electron chi connectivity index (χ2n) is 5.72. The maximum absolute atomic E-state index is 12.6. The average Bonchev–Trinajstić information content (AvgIpc) is 2.61. The first-order chi connectivity index (χ1) is 11.2. The predicted molar refractivity (Wildman–Crippen MR) is 97.4 cm³/mol. The number of nitrogens with one attached hydrogen (secondary N) is 1. The number of fused-ring (bicyclic) bond motifs is 1. The molecule has 0 spiro atoms. The summed E-state index contributed by atoms with van der Waals surface area (Å²) in [5, 5.41) is 3.09. The third-order valence-electron chi connectivity index (χ3n) is 4.21. The van der Waals surface area contributed by atoms with Crippen molar-refractivity contribution in [3.05, 3.63) is 59.7 Å². The molecule has 4 heteroatoms. The molecule has 1 aliphatic heterocycles. The summed E-state index contributed by atoms with van der Waals surface area (Å²) in [7, 11) is 0. The third kappa shape index (κ3) is 3.53. The van der Waals surface area contributed by atoms with E-state index in [0.717, 1.165) is 30.0 Å². The Morgan fingerprint density at radius 3 is 2.78 bits per heavy atom. The molecule has 3 rings (SSSR count). The molecule has 3 nitrogen and oxygen atoms in total. The van der Waals surface area contributed by atoms with Gasteiger partial charge in [-0.3, -0.25) is 4.79 Å². The van der Waals surface area contributed by atoms with Crippen LogP contribution in [0.15, 0.2) is 53.4 Å². The second-order valence-corrected chi connectivity index (χ2v) is 6.85. The van der Waals surface area contributed by atoms with Gasteiger partial charge in [-0.1, -0.05) is 30.3 Å². The van der Waals surface area contributed by atoms with Crippen molar-refractivity contribution in [2.45, 2.75) is 24.8 Å². The van der Waals surface area contributed by atoms with Crippen LogP contribution in [0.4, 0.5) is 5.69 Å². The summed E-state index contributed by atoms with van der Waals surface area (Å²) in [5.74, 6) is 1.09. The molecule has 0 aliphatic carbocycles. The second kappa shape index (κ2) is 7.09. The van der Waals surface area contributed by atoms with E-state index in [4.69, 9.17) is 0 Å². The van der Waals surface area contributed by atoms with Gasteiger partial charge in [-0.05, 0) is 37.6 Å². The van der Waals surface area contributed by atoms with Crippen molar-refractivity contribution in [1.82, 2.24) is 5.32 Å². The van der Waals surface area contributed by atoms with Crippen LogP contribution in [0.3, 0.4) is 0 Å². The van der Waals surface area contributed by atoms with E-state index >= 15 is 0 Å². The first-order valence-corrected chi connectivity index (χ1v) is 9.05. The Hall–Kier alpha value is -1.94. The van der Waals surface area contributed by atoms with Crippen molar-refractivity contribution < 1.29 is 4.79 Å². The minimum absolute atomic E-state index is 0.00335. The Labute approximate surface area is 142 Å². The van der Waals surface area contributed by atoms with E-state index in [0.29, 0.717) is 0 Å². The standard InChI is InChI=1S/C19H22N2OS/c1-3-21-11-12-23-18-10-9-16(13-17(18)21)19(22)20-14(2)15-7-5-4-6-8-15/h4-10,13-14H,3,11-12H2,1-2H3,(H,20,22)/t14-/m0/s1. The van der Waals surface area contributed by atoms with E-state index in [1.54, 1.807) is 0 Å². The molecule has 0 bridgehead atoms. The fourth-order valence-corrected chi connectivity index (χ4v) is 3.88. The molecule has 120 valence electrons. The van der Waals surface area contributed by atoms with Crippen molar-refractivity contribution in [2.75, 3.05) is 23.7 Å². The molecule has 0 fully saturated rings. The van der Waals surface area contributed by atoms with E-state index in [1.807, 2.05) is 61.2 Å². The molecule has 0 saturated heterocycles. The smallest absolute Gasteiger partial charge is 0.251 e. The molecular weight excluding hydrogens is 304 g/mol. The van der Waals surface area contributed by atoms with Crippen molar-refractivity contribution in [1.29, 1.82) is 0 Å². The Morgan fingerprint density at radius 1 is 1.26 bits per heavy atom. The summed E-state index contributed by atoms with van der Waals surface area (Å²) in [6, 6.07) is 16.1. The summed E-state index contributed by atoms with van der Waals surface area (Å²) in [4.78, 5) is 16.2. The lowest BCUT2D eigenvalue weighted by Gasteiger charge is -2.30.